The Hall–Kier alpha value is -0.540. The first kappa shape index (κ1) is 19.1. The van der Waals surface area contributed by atoms with Crippen molar-refractivity contribution in [2.45, 2.75) is 20.3 Å². The number of carbonyl (C=O) groups excluding carboxylic acids is 1. The normalized spacial score (nSPS) is 10.6. The molecule has 0 fully saturated rings. The number of esters is 1. The summed E-state index contributed by atoms with van der Waals surface area (Å²) in [5, 5.41) is 0. The molecule has 3 nitrogen and oxygen atoms in total. The van der Waals surface area contributed by atoms with E-state index in [0.717, 1.165) is 6.42 Å². The minimum absolute atomic E-state index is 0. The lowest BCUT2D eigenvalue weighted by Gasteiger charge is -2.13. The fourth-order valence-corrected chi connectivity index (χ4v) is 1.02. The molecule has 0 bridgehead atoms. The van der Waals surface area contributed by atoms with Crippen molar-refractivity contribution in [2.24, 2.45) is 17.6 Å². The molecular formula is C10H22ClNO2. The fraction of sp³-hybridized carbons (Fsp3) is 0.700. The van der Waals surface area contributed by atoms with Crippen molar-refractivity contribution in [3.05, 3.63) is 13.2 Å². The van der Waals surface area contributed by atoms with Gasteiger partial charge in [-0.15, -0.1) is 25.6 Å². The van der Waals surface area contributed by atoms with E-state index >= 15 is 0 Å². The minimum atomic E-state index is -0.193. The van der Waals surface area contributed by atoms with E-state index in [-0.39, 0.29) is 24.3 Å². The van der Waals surface area contributed by atoms with Crippen molar-refractivity contribution in [1.82, 2.24) is 0 Å². The zero-order chi connectivity index (χ0) is 10.9. The SMILES string of the molecule is C=C.COC(=O)C(CN)CC(C)C.Cl. The van der Waals surface area contributed by atoms with Crippen molar-refractivity contribution in [2.75, 3.05) is 13.7 Å². The molecule has 1 unspecified atom stereocenters. The number of rotatable bonds is 4. The zero-order valence-corrected chi connectivity index (χ0v) is 10.1. The summed E-state index contributed by atoms with van der Waals surface area (Å²) < 4.78 is 4.59. The average Bonchev–Trinajstić information content (AvgIpc) is 2.16. The summed E-state index contributed by atoms with van der Waals surface area (Å²) in [5.74, 6) is 0.170. The van der Waals surface area contributed by atoms with Crippen LogP contribution in [-0.4, -0.2) is 19.6 Å². The number of carbonyl (C=O) groups is 1. The molecule has 0 aromatic heterocycles. The van der Waals surface area contributed by atoms with Crippen LogP contribution in [0.2, 0.25) is 0 Å². The second kappa shape index (κ2) is 12.5. The van der Waals surface area contributed by atoms with Crippen LogP contribution in [0.3, 0.4) is 0 Å². The third-order valence-electron chi connectivity index (χ3n) is 1.57. The number of hydrogen-bond donors (Lipinski definition) is 1. The largest absolute Gasteiger partial charge is 0.469 e. The lowest BCUT2D eigenvalue weighted by Crippen LogP contribution is -2.26. The molecule has 0 aliphatic heterocycles. The van der Waals surface area contributed by atoms with Crippen LogP contribution in [0.15, 0.2) is 13.2 Å². The van der Waals surface area contributed by atoms with Gasteiger partial charge in [-0.25, -0.2) is 0 Å². The molecule has 0 aromatic carbocycles. The summed E-state index contributed by atoms with van der Waals surface area (Å²) in [6, 6.07) is 0. The van der Waals surface area contributed by atoms with Gasteiger partial charge in [0.25, 0.3) is 0 Å². The first-order valence-corrected chi connectivity index (χ1v) is 4.39. The number of hydrogen-bond acceptors (Lipinski definition) is 3. The lowest BCUT2D eigenvalue weighted by atomic mass is 9.97. The molecule has 0 amide bonds. The summed E-state index contributed by atoms with van der Waals surface area (Å²) in [7, 11) is 1.39. The van der Waals surface area contributed by atoms with E-state index in [1.54, 1.807) is 0 Å². The van der Waals surface area contributed by atoms with Gasteiger partial charge in [0, 0.05) is 6.54 Å². The molecule has 2 N–H and O–H groups in total. The van der Waals surface area contributed by atoms with Crippen LogP contribution in [0.25, 0.3) is 0 Å². The Labute approximate surface area is 93.1 Å². The van der Waals surface area contributed by atoms with E-state index in [1.807, 2.05) is 0 Å². The maximum absolute atomic E-state index is 11.0. The molecule has 4 heteroatoms. The van der Waals surface area contributed by atoms with E-state index in [4.69, 9.17) is 5.73 Å². The molecule has 0 aliphatic rings. The topological polar surface area (TPSA) is 52.3 Å². The van der Waals surface area contributed by atoms with Crippen LogP contribution in [0.1, 0.15) is 20.3 Å². The van der Waals surface area contributed by atoms with E-state index in [9.17, 15) is 4.79 Å². The Morgan fingerprint density at radius 1 is 1.43 bits per heavy atom. The van der Waals surface area contributed by atoms with Gasteiger partial charge in [0.1, 0.15) is 0 Å². The van der Waals surface area contributed by atoms with Gasteiger partial charge in [-0.05, 0) is 12.3 Å². The molecule has 0 saturated carbocycles. The first-order chi connectivity index (χ1) is 6.11. The Morgan fingerprint density at radius 3 is 2.07 bits per heavy atom. The van der Waals surface area contributed by atoms with Gasteiger partial charge in [-0.2, -0.15) is 0 Å². The highest BCUT2D eigenvalue weighted by atomic mass is 35.5. The summed E-state index contributed by atoms with van der Waals surface area (Å²) in [6.45, 7) is 10.5. The molecule has 0 saturated heterocycles. The molecule has 86 valence electrons. The second-order valence-electron chi connectivity index (χ2n) is 3.09. The average molecular weight is 224 g/mol. The molecule has 1 atom stereocenters. The third-order valence-corrected chi connectivity index (χ3v) is 1.57. The standard InChI is InChI=1S/C8H17NO2.C2H4.ClH/c1-6(2)4-7(5-9)8(10)11-3;1-2;/h6-7H,4-5,9H2,1-3H3;1-2H2;1H. The minimum Gasteiger partial charge on any atom is -0.469 e. The Kier molecular flexibility index (Phi) is 17.0. The van der Waals surface area contributed by atoms with Gasteiger partial charge in [-0.1, -0.05) is 13.8 Å². The molecular weight excluding hydrogens is 202 g/mol. The van der Waals surface area contributed by atoms with Crippen LogP contribution >= 0.6 is 12.4 Å². The van der Waals surface area contributed by atoms with Crippen LogP contribution in [0.5, 0.6) is 0 Å². The van der Waals surface area contributed by atoms with Gasteiger partial charge in [0.2, 0.25) is 0 Å². The van der Waals surface area contributed by atoms with Crippen molar-refractivity contribution in [3.8, 4) is 0 Å². The van der Waals surface area contributed by atoms with Gasteiger partial charge in [0.15, 0.2) is 0 Å². The number of methoxy groups -OCH3 is 1. The number of halogens is 1. The van der Waals surface area contributed by atoms with Crippen molar-refractivity contribution in [1.29, 1.82) is 0 Å². The highest BCUT2D eigenvalue weighted by molar-refractivity contribution is 5.85. The summed E-state index contributed by atoms with van der Waals surface area (Å²) in [5.41, 5.74) is 5.40. The Bertz CT molecular complexity index is 140. The summed E-state index contributed by atoms with van der Waals surface area (Å²) in [6.07, 6.45) is 0.809. The molecule has 0 rings (SSSR count). The first-order valence-electron chi connectivity index (χ1n) is 4.39. The highest BCUT2D eigenvalue weighted by Crippen LogP contribution is 2.11. The second-order valence-corrected chi connectivity index (χ2v) is 3.09. The Morgan fingerprint density at radius 2 is 1.86 bits per heavy atom. The Balaban J connectivity index is -0.000000376. The van der Waals surface area contributed by atoms with Crippen LogP contribution in [0, 0.1) is 11.8 Å². The van der Waals surface area contributed by atoms with Gasteiger partial charge in [-0.3, -0.25) is 4.79 Å². The molecule has 14 heavy (non-hydrogen) atoms. The predicted molar refractivity (Wildman–Crippen MR) is 62.5 cm³/mol. The summed E-state index contributed by atoms with van der Waals surface area (Å²) >= 11 is 0. The van der Waals surface area contributed by atoms with Crippen molar-refractivity contribution < 1.29 is 9.53 Å². The molecule has 0 aromatic rings. The molecule has 0 spiro atoms. The maximum atomic E-state index is 11.0. The predicted octanol–water partition coefficient (Wildman–Crippen LogP) is 2.00. The van der Waals surface area contributed by atoms with Crippen LogP contribution < -0.4 is 5.73 Å². The van der Waals surface area contributed by atoms with Crippen molar-refractivity contribution >= 4 is 18.4 Å². The van der Waals surface area contributed by atoms with Crippen LogP contribution in [-0.2, 0) is 9.53 Å². The number of ether oxygens (including phenoxy) is 1. The monoisotopic (exact) mass is 223 g/mol. The lowest BCUT2D eigenvalue weighted by molar-refractivity contribution is -0.145. The van der Waals surface area contributed by atoms with Gasteiger partial charge in [0.05, 0.1) is 13.0 Å². The van der Waals surface area contributed by atoms with Gasteiger partial charge < -0.3 is 10.5 Å². The summed E-state index contributed by atoms with van der Waals surface area (Å²) in [4.78, 5) is 11.0. The maximum Gasteiger partial charge on any atom is 0.309 e. The third kappa shape index (κ3) is 9.55. The molecule has 0 heterocycles. The van der Waals surface area contributed by atoms with E-state index in [0.29, 0.717) is 12.5 Å². The van der Waals surface area contributed by atoms with Crippen molar-refractivity contribution in [3.63, 3.8) is 0 Å². The van der Waals surface area contributed by atoms with Gasteiger partial charge >= 0.3 is 5.97 Å². The van der Waals surface area contributed by atoms with E-state index in [1.165, 1.54) is 7.11 Å². The highest BCUT2D eigenvalue weighted by Gasteiger charge is 2.17. The molecule has 0 radical (unpaired) electrons. The van der Waals surface area contributed by atoms with E-state index in [2.05, 4.69) is 31.7 Å². The quantitative estimate of drug-likeness (QED) is 0.586. The number of nitrogens with two attached hydrogens (primary N) is 1. The van der Waals surface area contributed by atoms with E-state index < -0.39 is 0 Å². The zero-order valence-electron chi connectivity index (χ0n) is 9.29. The fourth-order valence-electron chi connectivity index (χ4n) is 1.02. The smallest absolute Gasteiger partial charge is 0.309 e. The molecule has 0 aliphatic carbocycles. The van der Waals surface area contributed by atoms with Crippen LogP contribution in [0.4, 0.5) is 0 Å².